The SMILES string of the molecule is O=C(O)C=CC(=O)O.O=C1NCC(CCN2CCN(c3ccccc3Cl)CC2)O1. The van der Waals surface area contributed by atoms with Crippen LogP contribution in [-0.4, -0.2) is 78.5 Å². The number of aliphatic carboxylic acids is 2. The number of hydrogen-bond acceptors (Lipinski definition) is 6. The zero-order valence-electron chi connectivity index (χ0n) is 15.8. The quantitative estimate of drug-likeness (QED) is 0.589. The Hall–Kier alpha value is -2.78. The minimum Gasteiger partial charge on any atom is -0.478 e. The molecule has 1 aromatic rings. The number of nitrogens with one attached hydrogen (secondary N) is 1. The Morgan fingerprint density at radius 1 is 1.14 bits per heavy atom. The summed E-state index contributed by atoms with van der Waals surface area (Å²) in [6, 6.07) is 7.99. The van der Waals surface area contributed by atoms with E-state index in [4.69, 9.17) is 26.6 Å². The summed E-state index contributed by atoms with van der Waals surface area (Å²) in [5.41, 5.74) is 1.12. The van der Waals surface area contributed by atoms with Crippen molar-refractivity contribution < 1.29 is 29.3 Å². The lowest BCUT2D eigenvalue weighted by Crippen LogP contribution is -2.47. The molecule has 2 heterocycles. The molecule has 1 amide bonds. The van der Waals surface area contributed by atoms with E-state index >= 15 is 0 Å². The number of ether oxygens (including phenoxy) is 1. The Kier molecular flexibility index (Phi) is 8.75. The average molecular weight is 426 g/mol. The maximum absolute atomic E-state index is 11.0. The summed E-state index contributed by atoms with van der Waals surface area (Å²) >= 11 is 6.24. The Bertz CT molecular complexity index is 733. The highest BCUT2D eigenvalue weighted by Gasteiger charge is 2.24. The minimum atomic E-state index is -1.26. The first-order chi connectivity index (χ1) is 13.8. The van der Waals surface area contributed by atoms with Crippen LogP contribution in [0.25, 0.3) is 0 Å². The van der Waals surface area contributed by atoms with E-state index in [-0.39, 0.29) is 12.2 Å². The van der Waals surface area contributed by atoms with Crippen molar-refractivity contribution in [3.05, 3.63) is 41.4 Å². The van der Waals surface area contributed by atoms with Gasteiger partial charge in [0.15, 0.2) is 0 Å². The number of alkyl carbamates (subject to hydrolysis) is 1. The van der Waals surface area contributed by atoms with Crippen molar-refractivity contribution in [3.63, 3.8) is 0 Å². The van der Waals surface area contributed by atoms with Gasteiger partial charge in [0, 0.05) is 44.9 Å². The van der Waals surface area contributed by atoms with Crippen LogP contribution < -0.4 is 10.2 Å². The van der Waals surface area contributed by atoms with E-state index in [0.29, 0.717) is 18.7 Å². The third-order valence-electron chi connectivity index (χ3n) is 4.45. The van der Waals surface area contributed by atoms with Gasteiger partial charge in [-0.15, -0.1) is 0 Å². The molecule has 9 nitrogen and oxygen atoms in total. The van der Waals surface area contributed by atoms with Crippen molar-refractivity contribution in [1.29, 1.82) is 0 Å². The van der Waals surface area contributed by atoms with E-state index in [1.54, 1.807) is 0 Å². The summed E-state index contributed by atoms with van der Waals surface area (Å²) in [7, 11) is 0. The van der Waals surface area contributed by atoms with Gasteiger partial charge in [-0.1, -0.05) is 23.7 Å². The van der Waals surface area contributed by atoms with E-state index in [9.17, 15) is 14.4 Å². The van der Waals surface area contributed by atoms with Crippen molar-refractivity contribution in [2.75, 3.05) is 44.2 Å². The fourth-order valence-electron chi connectivity index (χ4n) is 2.98. The Labute approximate surface area is 173 Å². The number of carboxylic acids is 2. The second-order valence-electron chi connectivity index (χ2n) is 6.49. The van der Waals surface area contributed by atoms with Crippen molar-refractivity contribution >= 4 is 35.3 Å². The third kappa shape index (κ3) is 8.00. The average Bonchev–Trinajstić information content (AvgIpc) is 3.11. The summed E-state index contributed by atoms with van der Waals surface area (Å²) in [5.74, 6) is -2.51. The van der Waals surface area contributed by atoms with Crippen LogP contribution in [0.1, 0.15) is 6.42 Å². The van der Waals surface area contributed by atoms with Gasteiger partial charge in [-0.25, -0.2) is 14.4 Å². The maximum atomic E-state index is 11.0. The molecule has 0 saturated carbocycles. The van der Waals surface area contributed by atoms with Crippen LogP contribution in [0.15, 0.2) is 36.4 Å². The van der Waals surface area contributed by atoms with Gasteiger partial charge >= 0.3 is 18.0 Å². The minimum absolute atomic E-state index is 0.0269. The normalized spacial score (nSPS) is 19.3. The lowest BCUT2D eigenvalue weighted by atomic mass is 10.2. The fourth-order valence-corrected chi connectivity index (χ4v) is 3.24. The molecule has 29 heavy (non-hydrogen) atoms. The molecule has 0 bridgehead atoms. The van der Waals surface area contributed by atoms with Gasteiger partial charge in [0.1, 0.15) is 6.10 Å². The number of anilines is 1. The summed E-state index contributed by atoms with van der Waals surface area (Å²) in [5, 5.41) is 19.1. The molecule has 2 aliphatic heterocycles. The van der Waals surface area contributed by atoms with E-state index in [1.807, 2.05) is 18.2 Å². The first-order valence-corrected chi connectivity index (χ1v) is 9.53. The topological polar surface area (TPSA) is 119 Å². The zero-order chi connectivity index (χ0) is 21.2. The van der Waals surface area contributed by atoms with Crippen LogP contribution >= 0.6 is 11.6 Å². The molecule has 10 heteroatoms. The molecule has 158 valence electrons. The summed E-state index contributed by atoms with van der Waals surface area (Å²) in [6.07, 6.45) is 1.75. The molecule has 0 spiro atoms. The molecule has 1 unspecified atom stereocenters. The van der Waals surface area contributed by atoms with E-state index in [0.717, 1.165) is 49.9 Å². The molecular weight excluding hydrogens is 402 g/mol. The predicted molar refractivity (Wildman–Crippen MR) is 107 cm³/mol. The molecule has 2 fully saturated rings. The summed E-state index contributed by atoms with van der Waals surface area (Å²) in [6.45, 7) is 5.59. The number of nitrogens with zero attached hydrogens (tertiary/aromatic N) is 2. The largest absolute Gasteiger partial charge is 0.478 e. The van der Waals surface area contributed by atoms with Crippen LogP contribution in [0.5, 0.6) is 0 Å². The fraction of sp³-hybridized carbons (Fsp3) is 0.421. The molecule has 0 aliphatic carbocycles. The van der Waals surface area contributed by atoms with E-state index in [1.165, 1.54) is 0 Å². The third-order valence-corrected chi connectivity index (χ3v) is 4.77. The first-order valence-electron chi connectivity index (χ1n) is 9.15. The van der Waals surface area contributed by atoms with Crippen LogP contribution in [0.4, 0.5) is 10.5 Å². The lowest BCUT2D eigenvalue weighted by molar-refractivity contribution is -0.134. The number of benzene rings is 1. The van der Waals surface area contributed by atoms with Gasteiger partial charge in [-0.05, 0) is 18.6 Å². The van der Waals surface area contributed by atoms with Gasteiger partial charge in [-0.3, -0.25) is 4.90 Å². The van der Waals surface area contributed by atoms with Gasteiger partial charge in [-0.2, -0.15) is 0 Å². The number of carboxylic acid groups (broad SMARTS) is 2. The number of amides is 1. The maximum Gasteiger partial charge on any atom is 0.407 e. The Morgan fingerprint density at radius 2 is 1.76 bits per heavy atom. The second-order valence-corrected chi connectivity index (χ2v) is 6.89. The number of hydrogen-bond donors (Lipinski definition) is 3. The predicted octanol–water partition coefficient (Wildman–Crippen LogP) is 1.67. The van der Waals surface area contributed by atoms with Crippen LogP contribution in [0.3, 0.4) is 0 Å². The van der Waals surface area contributed by atoms with Gasteiger partial charge in [0.05, 0.1) is 17.3 Å². The smallest absolute Gasteiger partial charge is 0.407 e. The molecule has 3 rings (SSSR count). The van der Waals surface area contributed by atoms with Crippen molar-refractivity contribution in [3.8, 4) is 0 Å². The number of carbonyl (C=O) groups is 3. The molecule has 1 atom stereocenters. The number of rotatable bonds is 6. The molecule has 2 saturated heterocycles. The van der Waals surface area contributed by atoms with E-state index < -0.39 is 11.9 Å². The standard InChI is InChI=1S/C15H20ClN3O2.C4H4O4/c16-13-3-1-2-4-14(13)19-9-7-18(8-10-19)6-5-12-11-17-15(20)21-12;5-3(6)1-2-4(7)8/h1-4,12H,5-11H2,(H,17,20);1-2H,(H,5,6)(H,7,8). The van der Waals surface area contributed by atoms with Crippen LogP contribution in [-0.2, 0) is 14.3 Å². The highest BCUT2D eigenvalue weighted by Crippen LogP contribution is 2.26. The molecule has 1 aromatic carbocycles. The van der Waals surface area contributed by atoms with Crippen LogP contribution in [0, 0.1) is 0 Å². The number of para-hydroxylation sites is 1. The monoisotopic (exact) mass is 425 g/mol. The molecule has 0 radical (unpaired) electrons. The Balaban J connectivity index is 0.000000321. The lowest BCUT2D eigenvalue weighted by Gasteiger charge is -2.36. The van der Waals surface area contributed by atoms with Crippen molar-refractivity contribution in [2.45, 2.75) is 12.5 Å². The highest BCUT2D eigenvalue weighted by molar-refractivity contribution is 6.33. The Morgan fingerprint density at radius 3 is 2.28 bits per heavy atom. The number of piperazine rings is 1. The second kappa shape index (κ2) is 11.3. The highest BCUT2D eigenvalue weighted by atomic mass is 35.5. The van der Waals surface area contributed by atoms with E-state index in [2.05, 4.69) is 21.2 Å². The molecule has 3 N–H and O–H groups in total. The first kappa shape index (κ1) is 22.5. The summed E-state index contributed by atoms with van der Waals surface area (Å²) in [4.78, 5) is 34.8. The van der Waals surface area contributed by atoms with Crippen LogP contribution in [0.2, 0.25) is 5.02 Å². The molecule has 0 aromatic heterocycles. The number of halogens is 1. The van der Waals surface area contributed by atoms with Gasteiger partial charge in [0.2, 0.25) is 0 Å². The number of carbonyl (C=O) groups excluding carboxylic acids is 1. The van der Waals surface area contributed by atoms with Crippen molar-refractivity contribution in [1.82, 2.24) is 10.2 Å². The zero-order valence-corrected chi connectivity index (χ0v) is 16.5. The molecule has 2 aliphatic rings. The summed E-state index contributed by atoms with van der Waals surface area (Å²) < 4.78 is 5.15. The van der Waals surface area contributed by atoms with Gasteiger partial charge < -0.3 is 25.2 Å². The van der Waals surface area contributed by atoms with Crippen molar-refractivity contribution in [2.24, 2.45) is 0 Å². The molecular formula is C19H24ClN3O6. The number of cyclic esters (lactones) is 1. The van der Waals surface area contributed by atoms with Gasteiger partial charge in [0.25, 0.3) is 0 Å².